The summed E-state index contributed by atoms with van der Waals surface area (Å²) in [6.07, 6.45) is 8.77. The molecule has 4 aliphatic carbocycles. The summed E-state index contributed by atoms with van der Waals surface area (Å²) in [5.41, 5.74) is 0.835. The zero-order valence-corrected chi connectivity index (χ0v) is 16.7. The van der Waals surface area contributed by atoms with Gasteiger partial charge >= 0.3 is 0 Å². The van der Waals surface area contributed by atoms with Gasteiger partial charge in [-0.15, -0.1) is 0 Å². The number of nitrogens with zero attached hydrogens (tertiary/aromatic N) is 4. The fourth-order valence-electron chi connectivity index (χ4n) is 5.36. The molecule has 1 atom stereocenters. The van der Waals surface area contributed by atoms with Crippen LogP contribution in [-0.4, -0.2) is 59.6 Å². The predicted octanol–water partition coefficient (Wildman–Crippen LogP) is 2.23. The van der Waals surface area contributed by atoms with Gasteiger partial charge in [0.25, 0.3) is 0 Å². The first-order valence-corrected chi connectivity index (χ1v) is 11.5. The monoisotopic (exact) mass is 389 g/mol. The Bertz CT molecular complexity index is 946. The number of H-pyrrole nitrogens is 1. The van der Waals surface area contributed by atoms with Gasteiger partial charge in [0.2, 0.25) is 10.0 Å². The zero-order chi connectivity index (χ0) is 18.8. The molecule has 4 fully saturated rings. The highest BCUT2D eigenvalue weighted by atomic mass is 32.2. The highest BCUT2D eigenvalue weighted by molar-refractivity contribution is 7.89. The maximum absolute atomic E-state index is 12.9. The number of nitrogens with one attached hydrogen (secondary N) is 1. The lowest BCUT2D eigenvalue weighted by molar-refractivity contribution is 0.245. The second-order valence-electron chi connectivity index (χ2n) is 8.73. The number of sulfonamides is 1. The molecule has 7 nitrogen and oxygen atoms in total. The van der Waals surface area contributed by atoms with Crippen molar-refractivity contribution in [1.82, 2.24) is 19.3 Å². The standard InChI is InChI=1S/C19H27N5O2S/c1-23(19-16-3-4-20-18(16)21-11-22-19)15-7-13(8-15)10-27(25,26)24(2)17-9-12-5-14(17)6-12/h3-4,11-15,17H,5-10H2,1-2H3,(H,20,21,22)/t12?,13-,14?,15+,17-/m0/s1. The molecule has 2 aromatic heterocycles. The predicted molar refractivity (Wildman–Crippen MR) is 105 cm³/mol. The van der Waals surface area contributed by atoms with E-state index in [0.29, 0.717) is 12.0 Å². The van der Waals surface area contributed by atoms with Crippen molar-refractivity contribution in [2.75, 3.05) is 24.7 Å². The first kappa shape index (κ1) is 17.4. The first-order chi connectivity index (χ1) is 12.9. The van der Waals surface area contributed by atoms with Crippen molar-refractivity contribution in [2.45, 2.75) is 44.2 Å². The van der Waals surface area contributed by atoms with Gasteiger partial charge in [0.15, 0.2) is 0 Å². The van der Waals surface area contributed by atoms with Crippen LogP contribution in [-0.2, 0) is 10.0 Å². The Morgan fingerprint density at radius 1 is 1.15 bits per heavy atom. The number of anilines is 1. The molecule has 2 bridgehead atoms. The smallest absolute Gasteiger partial charge is 0.214 e. The minimum Gasteiger partial charge on any atom is -0.356 e. The molecule has 8 heteroatoms. The minimum atomic E-state index is -3.17. The molecule has 0 aliphatic heterocycles. The van der Waals surface area contributed by atoms with Crippen LogP contribution in [0.5, 0.6) is 0 Å². The Kier molecular flexibility index (Phi) is 3.98. The fourth-order valence-corrected chi connectivity index (χ4v) is 7.13. The summed E-state index contributed by atoms with van der Waals surface area (Å²) in [6, 6.07) is 2.58. The molecule has 0 unspecified atom stereocenters. The van der Waals surface area contributed by atoms with Crippen LogP contribution in [0.25, 0.3) is 11.0 Å². The van der Waals surface area contributed by atoms with Crippen LogP contribution in [0.1, 0.15) is 32.1 Å². The van der Waals surface area contributed by atoms with Crippen LogP contribution in [0.4, 0.5) is 5.82 Å². The number of aromatic amines is 1. The molecule has 1 N–H and O–H groups in total. The van der Waals surface area contributed by atoms with E-state index in [0.717, 1.165) is 42.0 Å². The van der Waals surface area contributed by atoms with E-state index in [1.807, 2.05) is 19.3 Å². The summed E-state index contributed by atoms with van der Waals surface area (Å²) in [6.45, 7) is 0. The summed E-state index contributed by atoms with van der Waals surface area (Å²) in [5, 5.41) is 1.01. The van der Waals surface area contributed by atoms with E-state index in [1.165, 1.54) is 12.8 Å². The zero-order valence-electron chi connectivity index (χ0n) is 15.9. The molecule has 2 aromatic rings. The van der Waals surface area contributed by atoms with Gasteiger partial charge < -0.3 is 9.88 Å². The molecular weight excluding hydrogens is 362 g/mol. The summed E-state index contributed by atoms with van der Waals surface area (Å²) in [5.74, 6) is 2.82. The fraction of sp³-hybridized carbons (Fsp3) is 0.684. The Balaban J connectivity index is 1.21. The molecule has 0 aromatic carbocycles. The van der Waals surface area contributed by atoms with Gasteiger partial charge in [-0.3, -0.25) is 0 Å². The number of rotatable bonds is 6. The van der Waals surface area contributed by atoms with Crippen LogP contribution < -0.4 is 4.90 Å². The number of aromatic nitrogens is 3. The molecule has 4 saturated carbocycles. The third-order valence-corrected chi connectivity index (χ3v) is 9.21. The normalized spacial score (nSPS) is 32.5. The van der Waals surface area contributed by atoms with Crippen molar-refractivity contribution in [3.63, 3.8) is 0 Å². The third-order valence-electron chi connectivity index (χ3n) is 7.17. The van der Waals surface area contributed by atoms with Gasteiger partial charge in [-0.1, -0.05) is 0 Å². The summed E-state index contributed by atoms with van der Waals surface area (Å²) in [4.78, 5) is 14.0. The van der Waals surface area contributed by atoms with Crippen molar-refractivity contribution >= 4 is 26.9 Å². The molecule has 146 valence electrons. The first-order valence-electron chi connectivity index (χ1n) is 9.89. The van der Waals surface area contributed by atoms with Crippen LogP contribution in [0.15, 0.2) is 18.6 Å². The van der Waals surface area contributed by atoms with Gasteiger partial charge in [-0.05, 0) is 55.9 Å². The van der Waals surface area contributed by atoms with Gasteiger partial charge in [0.1, 0.15) is 17.8 Å². The maximum atomic E-state index is 12.9. The molecule has 0 amide bonds. The van der Waals surface area contributed by atoms with Gasteiger partial charge in [0.05, 0.1) is 11.1 Å². The van der Waals surface area contributed by atoms with Crippen LogP contribution in [0, 0.1) is 17.8 Å². The average Bonchev–Trinajstić information content (AvgIpc) is 3.29. The lowest BCUT2D eigenvalue weighted by Gasteiger charge is -2.42. The van der Waals surface area contributed by atoms with E-state index < -0.39 is 10.0 Å². The Morgan fingerprint density at radius 2 is 1.93 bits per heavy atom. The Hall–Kier alpha value is -1.67. The average molecular weight is 390 g/mol. The summed E-state index contributed by atoms with van der Waals surface area (Å²) >= 11 is 0. The lowest BCUT2D eigenvalue weighted by Crippen LogP contribution is -2.48. The van der Waals surface area contributed by atoms with Crippen LogP contribution >= 0.6 is 0 Å². The molecule has 4 aliphatic rings. The van der Waals surface area contributed by atoms with Crippen LogP contribution in [0.3, 0.4) is 0 Å². The minimum absolute atomic E-state index is 0.241. The van der Waals surface area contributed by atoms with E-state index >= 15 is 0 Å². The van der Waals surface area contributed by atoms with Crippen molar-refractivity contribution in [2.24, 2.45) is 17.8 Å². The molecule has 27 heavy (non-hydrogen) atoms. The SMILES string of the molecule is CN([C@H]1CC2CC1C2)S(=O)(=O)C[C@H]1C[C@@H](N(C)c2ncnc3[nH]ccc23)C1. The largest absolute Gasteiger partial charge is 0.356 e. The molecule has 0 radical (unpaired) electrons. The highest BCUT2D eigenvalue weighted by Gasteiger charge is 2.49. The molecule has 0 spiro atoms. The summed E-state index contributed by atoms with van der Waals surface area (Å²) in [7, 11) is 0.676. The maximum Gasteiger partial charge on any atom is 0.214 e. The number of hydrogen-bond acceptors (Lipinski definition) is 5. The number of fused-ring (bicyclic) bond motifs is 2. The van der Waals surface area contributed by atoms with E-state index in [1.54, 1.807) is 17.7 Å². The summed E-state index contributed by atoms with van der Waals surface area (Å²) < 4.78 is 27.4. The van der Waals surface area contributed by atoms with E-state index in [4.69, 9.17) is 0 Å². The van der Waals surface area contributed by atoms with E-state index in [-0.39, 0.29) is 17.7 Å². The van der Waals surface area contributed by atoms with Crippen molar-refractivity contribution in [3.05, 3.63) is 18.6 Å². The van der Waals surface area contributed by atoms with Crippen molar-refractivity contribution in [1.29, 1.82) is 0 Å². The quantitative estimate of drug-likeness (QED) is 0.819. The Morgan fingerprint density at radius 3 is 2.63 bits per heavy atom. The second-order valence-corrected chi connectivity index (χ2v) is 10.8. The lowest BCUT2D eigenvalue weighted by atomic mass is 9.81. The molecule has 6 rings (SSSR count). The van der Waals surface area contributed by atoms with Gasteiger partial charge in [-0.2, -0.15) is 0 Å². The van der Waals surface area contributed by atoms with Crippen molar-refractivity contribution < 1.29 is 8.42 Å². The van der Waals surface area contributed by atoms with E-state index in [9.17, 15) is 8.42 Å². The topological polar surface area (TPSA) is 82.2 Å². The van der Waals surface area contributed by atoms with Gasteiger partial charge in [-0.25, -0.2) is 22.7 Å². The molecule has 2 heterocycles. The third kappa shape index (κ3) is 2.84. The van der Waals surface area contributed by atoms with E-state index in [2.05, 4.69) is 19.9 Å². The highest BCUT2D eigenvalue weighted by Crippen LogP contribution is 2.51. The Labute approximate surface area is 160 Å². The van der Waals surface area contributed by atoms with Crippen molar-refractivity contribution in [3.8, 4) is 0 Å². The van der Waals surface area contributed by atoms with Gasteiger partial charge in [0, 0.05) is 32.4 Å². The number of hydrogen-bond donors (Lipinski definition) is 1. The molecular formula is C19H27N5O2S. The van der Waals surface area contributed by atoms with Crippen LogP contribution in [0.2, 0.25) is 0 Å². The second kappa shape index (κ2) is 6.17. The molecule has 0 saturated heterocycles.